The van der Waals surface area contributed by atoms with E-state index >= 15 is 0 Å². The minimum Gasteiger partial charge on any atom is -0.340 e. The summed E-state index contributed by atoms with van der Waals surface area (Å²) in [6.45, 7) is 6.16. The Bertz CT molecular complexity index is 455. The molecule has 1 aromatic rings. The molecule has 0 aliphatic carbocycles. The topological polar surface area (TPSA) is 23.6 Å². The molecule has 1 fully saturated rings. The van der Waals surface area contributed by atoms with Gasteiger partial charge in [0.15, 0.2) is 0 Å². The van der Waals surface area contributed by atoms with Crippen LogP contribution in [0.2, 0.25) is 0 Å². The second-order valence-electron chi connectivity index (χ2n) is 5.24. The quantitative estimate of drug-likeness (QED) is 0.850. The molecule has 0 bridgehead atoms. The van der Waals surface area contributed by atoms with Crippen LogP contribution in [0.5, 0.6) is 0 Å². The van der Waals surface area contributed by atoms with Crippen LogP contribution in [0.1, 0.15) is 28.8 Å². The van der Waals surface area contributed by atoms with E-state index in [1.807, 2.05) is 37.1 Å². The number of amides is 1. The van der Waals surface area contributed by atoms with Crippen LogP contribution >= 0.6 is 15.9 Å². The lowest BCUT2D eigenvalue weighted by Gasteiger charge is -2.21. The van der Waals surface area contributed by atoms with Crippen molar-refractivity contribution < 1.29 is 4.79 Å². The van der Waals surface area contributed by atoms with Gasteiger partial charge in [-0.05, 0) is 50.6 Å². The summed E-state index contributed by atoms with van der Waals surface area (Å²) in [5.41, 5.74) is 1.90. The van der Waals surface area contributed by atoms with Gasteiger partial charge in [-0.1, -0.05) is 22.0 Å². The predicted molar refractivity (Wildman–Crippen MR) is 81.5 cm³/mol. The number of hydrogen-bond acceptors (Lipinski definition) is 2. The molecule has 0 aromatic heterocycles. The Labute approximate surface area is 123 Å². The highest BCUT2D eigenvalue weighted by Crippen LogP contribution is 2.18. The summed E-state index contributed by atoms with van der Waals surface area (Å²) in [5, 5.41) is 0. The second kappa shape index (κ2) is 6.53. The average Bonchev–Trinajstić information content (AvgIpc) is 2.91. The first-order valence-corrected chi connectivity index (χ1v) is 7.61. The van der Waals surface area contributed by atoms with Crippen molar-refractivity contribution in [2.24, 2.45) is 0 Å². The van der Waals surface area contributed by atoms with Crippen LogP contribution in [-0.4, -0.2) is 48.9 Å². The largest absolute Gasteiger partial charge is 0.340 e. The summed E-state index contributed by atoms with van der Waals surface area (Å²) >= 11 is 3.48. The Morgan fingerprint density at radius 1 is 1.37 bits per heavy atom. The molecule has 1 amide bonds. The Kier molecular flexibility index (Phi) is 4.99. The number of halogens is 1. The van der Waals surface area contributed by atoms with Crippen LogP contribution in [0, 0.1) is 6.92 Å². The normalized spacial score (nSPS) is 15.7. The van der Waals surface area contributed by atoms with E-state index in [4.69, 9.17) is 0 Å². The van der Waals surface area contributed by atoms with Gasteiger partial charge in [0.1, 0.15) is 0 Å². The van der Waals surface area contributed by atoms with E-state index in [2.05, 4.69) is 20.8 Å². The van der Waals surface area contributed by atoms with Gasteiger partial charge in [0.25, 0.3) is 5.91 Å². The van der Waals surface area contributed by atoms with Crippen LogP contribution < -0.4 is 0 Å². The number of carbonyl (C=O) groups excluding carboxylic acids is 1. The van der Waals surface area contributed by atoms with Gasteiger partial charge < -0.3 is 9.80 Å². The van der Waals surface area contributed by atoms with E-state index in [9.17, 15) is 4.79 Å². The van der Waals surface area contributed by atoms with Crippen molar-refractivity contribution in [2.75, 3.05) is 33.2 Å². The summed E-state index contributed by atoms with van der Waals surface area (Å²) in [6.07, 6.45) is 2.59. The third kappa shape index (κ3) is 3.80. The first-order chi connectivity index (χ1) is 9.08. The molecule has 0 saturated carbocycles. The molecule has 1 heterocycles. The summed E-state index contributed by atoms with van der Waals surface area (Å²) in [5.74, 6) is 0.0971. The second-order valence-corrected chi connectivity index (χ2v) is 6.09. The minimum atomic E-state index is 0.0971. The molecule has 2 rings (SSSR count). The highest BCUT2D eigenvalue weighted by molar-refractivity contribution is 9.10. The molecule has 4 heteroatoms. The first kappa shape index (κ1) is 14.5. The fourth-order valence-corrected chi connectivity index (χ4v) is 2.72. The lowest BCUT2D eigenvalue weighted by molar-refractivity contribution is 0.0782. The van der Waals surface area contributed by atoms with Crippen LogP contribution in [0.3, 0.4) is 0 Å². The van der Waals surface area contributed by atoms with E-state index in [0.29, 0.717) is 0 Å². The Hall–Kier alpha value is -0.870. The number of hydrogen-bond donors (Lipinski definition) is 0. The third-order valence-electron chi connectivity index (χ3n) is 3.72. The molecule has 1 saturated heterocycles. The molecule has 0 unspecified atom stereocenters. The van der Waals surface area contributed by atoms with E-state index in [1.165, 1.54) is 25.9 Å². The number of carbonyl (C=O) groups is 1. The van der Waals surface area contributed by atoms with Crippen molar-refractivity contribution >= 4 is 21.8 Å². The standard InChI is InChI=1S/C15H21BrN2O/c1-12-5-6-13(11-14(12)16)15(19)17(2)9-10-18-7-3-4-8-18/h5-6,11H,3-4,7-10H2,1-2H3. The van der Waals surface area contributed by atoms with E-state index in [1.54, 1.807) is 0 Å². The first-order valence-electron chi connectivity index (χ1n) is 6.82. The smallest absolute Gasteiger partial charge is 0.253 e. The fourth-order valence-electron chi connectivity index (χ4n) is 2.35. The maximum Gasteiger partial charge on any atom is 0.253 e. The SMILES string of the molecule is Cc1ccc(C(=O)N(C)CCN2CCCC2)cc1Br. The zero-order valence-electron chi connectivity index (χ0n) is 11.7. The molecule has 19 heavy (non-hydrogen) atoms. The summed E-state index contributed by atoms with van der Waals surface area (Å²) in [4.78, 5) is 16.5. The van der Waals surface area contributed by atoms with Gasteiger partial charge in [-0.3, -0.25) is 4.79 Å². The van der Waals surface area contributed by atoms with Gasteiger partial charge in [0.2, 0.25) is 0 Å². The number of nitrogens with zero attached hydrogens (tertiary/aromatic N) is 2. The minimum absolute atomic E-state index is 0.0971. The highest BCUT2D eigenvalue weighted by atomic mass is 79.9. The molecule has 0 N–H and O–H groups in total. The Morgan fingerprint density at radius 3 is 2.68 bits per heavy atom. The zero-order valence-corrected chi connectivity index (χ0v) is 13.2. The van der Waals surface area contributed by atoms with Gasteiger partial charge in [0.05, 0.1) is 0 Å². The van der Waals surface area contributed by atoms with Crippen molar-refractivity contribution in [2.45, 2.75) is 19.8 Å². The summed E-state index contributed by atoms with van der Waals surface area (Å²) < 4.78 is 0.992. The van der Waals surface area contributed by atoms with Gasteiger partial charge in [-0.2, -0.15) is 0 Å². The van der Waals surface area contributed by atoms with E-state index in [-0.39, 0.29) is 5.91 Å². The van der Waals surface area contributed by atoms with E-state index in [0.717, 1.165) is 28.7 Å². The summed E-state index contributed by atoms with van der Waals surface area (Å²) in [6, 6.07) is 5.78. The lowest BCUT2D eigenvalue weighted by atomic mass is 10.1. The van der Waals surface area contributed by atoms with Gasteiger partial charge in [0, 0.05) is 30.2 Å². The number of likely N-dealkylation sites (tertiary alicyclic amines) is 1. The van der Waals surface area contributed by atoms with Crippen molar-refractivity contribution in [1.82, 2.24) is 9.80 Å². The maximum absolute atomic E-state index is 12.3. The average molecular weight is 325 g/mol. The van der Waals surface area contributed by atoms with Crippen LogP contribution in [-0.2, 0) is 0 Å². The molecule has 1 aliphatic rings. The molecule has 3 nitrogen and oxygen atoms in total. The molecule has 0 spiro atoms. The maximum atomic E-state index is 12.3. The van der Waals surface area contributed by atoms with Crippen LogP contribution in [0.25, 0.3) is 0 Å². The molecule has 104 valence electrons. The highest BCUT2D eigenvalue weighted by Gasteiger charge is 2.15. The van der Waals surface area contributed by atoms with Gasteiger partial charge >= 0.3 is 0 Å². The van der Waals surface area contributed by atoms with Gasteiger partial charge in [-0.25, -0.2) is 0 Å². The van der Waals surface area contributed by atoms with Crippen molar-refractivity contribution in [3.05, 3.63) is 33.8 Å². The monoisotopic (exact) mass is 324 g/mol. The number of rotatable bonds is 4. The third-order valence-corrected chi connectivity index (χ3v) is 4.57. The molecule has 1 aromatic carbocycles. The summed E-state index contributed by atoms with van der Waals surface area (Å²) in [7, 11) is 1.88. The predicted octanol–water partition coefficient (Wildman–Crippen LogP) is 2.93. The van der Waals surface area contributed by atoms with Crippen molar-refractivity contribution in [3.63, 3.8) is 0 Å². The number of benzene rings is 1. The molecule has 0 atom stereocenters. The fraction of sp³-hybridized carbons (Fsp3) is 0.533. The van der Waals surface area contributed by atoms with Crippen LogP contribution in [0.4, 0.5) is 0 Å². The molecular weight excluding hydrogens is 304 g/mol. The molecular formula is C15H21BrN2O. The lowest BCUT2D eigenvalue weighted by Crippen LogP contribution is -2.35. The zero-order chi connectivity index (χ0) is 13.8. The van der Waals surface area contributed by atoms with Crippen molar-refractivity contribution in [3.8, 4) is 0 Å². The Morgan fingerprint density at radius 2 is 2.05 bits per heavy atom. The molecule has 0 radical (unpaired) electrons. The van der Waals surface area contributed by atoms with Crippen molar-refractivity contribution in [1.29, 1.82) is 0 Å². The van der Waals surface area contributed by atoms with E-state index < -0.39 is 0 Å². The van der Waals surface area contributed by atoms with Gasteiger partial charge in [-0.15, -0.1) is 0 Å². The Balaban J connectivity index is 1.92. The number of aryl methyl sites for hydroxylation is 1. The van der Waals surface area contributed by atoms with Crippen LogP contribution in [0.15, 0.2) is 22.7 Å². The number of likely N-dealkylation sites (N-methyl/N-ethyl adjacent to an activating group) is 1. The molecule has 1 aliphatic heterocycles.